The van der Waals surface area contributed by atoms with Crippen molar-refractivity contribution in [2.75, 3.05) is 31.2 Å². The summed E-state index contributed by atoms with van der Waals surface area (Å²) in [5.41, 5.74) is 1.65. The summed E-state index contributed by atoms with van der Waals surface area (Å²) >= 11 is 0. The summed E-state index contributed by atoms with van der Waals surface area (Å²) in [4.78, 5) is 45.4. The van der Waals surface area contributed by atoms with Crippen molar-refractivity contribution in [3.63, 3.8) is 0 Å². The molecular weight excluding hydrogens is 508 g/mol. The van der Waals surface area contributed by atoms with Crippen LogP contribution in [0.25, 0.3) is 0 Å². The second-order valence-corrected chi connectivity index (χ2v) is 11.3. The molecule has 2 bridgehead atoms. The van der Waals surface area contributed by atoms with Crippen LogP contribution in [0, 0.1) is 25.7 Å². The van der Waals surface area contributed by atoms with Crippen LogP contribution in [0.1, 0.15) is 62.5 Å². The maximum absolute atomic E-state index is 14.6. The lowest BCUT2D eigenvalue weighted by Crippen LogP contribution is -2.56. The number of unbranched alkanes of at least 4 members (excludes halogenated alkanes) is 4. The van der Waals surface area contributed by atoms with E-state index in [1.807, 2.05) is 38.1 Å². The highest BCUT2D eigenvalue weighted by Crippen LogP contribution is 2.59. The highest BCUT2D eigenvalue weighted by atomic mass is 16.6. The van der Waals surface area contributed by atoms with Gasteiger partial charge in [-0.05, 0) is 76.3 Å². The van der Waals surface area contributed by atoms with Crippen LogP contribution in [0.15, 0.2) is 43.5 Å². The summed E-state index contributed by atoms with van der Waals surface area (Å²) in [5.74, 6) is -2.30. The van der Waals surface area contributed by atoms with Crippen LogP contribution in [0.5, 0.6) is 0 Å². The predicted octanol–water partition coefficient (Wildman–Crippen LogP) is 4.26. The number of hydrogen-bond acceptors (Lipinski definition) is 6. The van der Waals surface area contributed by atoms with E-state index in [0.717, 1.165) is 42.5 Å². The molecule has 0 aromatic heterocycles. The number of benzene rings is 1. The molecule has 8 heteroatoms. The van der Waals surface area contributed by atoms with E-state index in [2.05, 4.69) is 13.2 Å². The number of carbonyl (C=O) groups excluding carboxylic acids is 3. The molecule has 3 aliphatic rings. The van der Waals surface area contributed by atoms with Crippen molar-refractivity contribution >= 4 is 23.5 Å². The fourth-order valence-electron chi connectivity index (χ4n) is 6.97. The predicted molar refractivity (Wildman–Crippen MR) is 154 cm³/mol. The maximum Gasteiger partial charge on any atom is 0.312 e. The zero-order valence-electron chi connectivity index (χ0n) is 24.0. The first-order valence-electron chi connectivity index (χ1n) is 14.7. The number of rotatable bonds is 15. The Balaban J connectivity index is 1.67. The standard InChI is InChI=1S/C32H44N2O6/c1-5-7-8-12-21-39-31(38)25-24-16-17-32(40-24)26(25)29(36)34(19-10-9-11-20-35)28(32)30(37)33(18-6-2)27-22(3)14-13-15-23(27)4/h5-6,13-15,24-26,28,35H,1-2,7-12,16-21H2,3-4H3/t24-,25+,26+,28?,32?/m1/s1. The van der Waals surface area contributed by atoms with Crippen molar-refractivity contribution in [1.82, 2.24) is 4.90 Å². The summed E-state index contributed by atoms with van der Waals surface area (Å²) in [7, 11) is 0. The molecule has 3 aliphatic heterocycles. The number of nitrogens with zero attached hydrogens (tertiary/aromatic N) is 2. The van der Waals surface area contributed by atoms with Crippen LogP contribution >= 0.6 is 0 Å². The molecule has 0 aliphatic carbocycles. The lowest BCUT2D eigenvalue weighted by atomic mass is 9.70. The fraction of sp³-hybridized carbons (Fsp3) is 0.594. The largest absolute Gasteiger partial charge is 0.465 e. The van der Waals surface area contributed by atoms with Crippen molar-refractivity contribution in [1.29, 1.82) is 0 Å². The molecule has 4 rings (SSSR count). The number of aryl methyl sites for hydroxylation is 2. The number of likely N-dealkylation sites (tertiary alicyclic amines) is 1. The van der Waals surface area contributed by atoms with Gasteiger partial charge in [0.05, 0.1) is 24.5 Å². The Bertz CT molecular complexity index is 1100. The van der Waals surface area contributed by atoms with Crippen LogP contribution < -0.4 is 4.90 Å². The molecule has 1 spiro atoms. The number of fused-ring (bicyclic) bond motifs is 1. The Hall–Kier alpha value is -2.97. The van der Waals surface area contributed by atoms with Gasteiger partial charge in [0, 0.05) is 25.4 Å². The van der Waals surface area contributed by atoms with E-state index >= 15 is 0 Å². The zero-order chi connectivity index (χ0) is 28.9. The molecule has 1 aromatic rings. The van der Waals surface area contributed by atoms with E-state index < -0.39 is 35.6 Å². The Morgan fingerprint density at radius 1 is 1.15 bits per heavy atom. The third-order valence-corrected chi connectivity index (χ3v) is 8.70. The van der Waals surface area contributed by atoms with Gasteiger partial charge in [-0.2, -0.15) is 0 Å². The topological polar surface area (TPSA) is 96.4 Å². The van der Waals surface area contributed by atoms with Gasteiger partial charge >= 0.3 is 5.97 Å². The van der Waals surface area contributed by atoms with E-state index in [-0.39, 0.29) is 31.6 Å². The first kappa shape index (κ1) is 30.0. The van der Waals surface area contributed by atoms with Crippen molar-refractivity contribution < 1.29 is 29.0 Å². The molecule has 40 heavy (non-hydrogen) atoms. The number of para-hydroxylation sites is 1. The molecule has 218 valence electrons. The summed E-state index contributed by atoms with van der Waals surface area (Å²) in [6, 6.07) is 5.05. The SMILES string of the molecule is C=CCCCCOC(=O)[C@@H]1[C@H]2C(=O)N(CCCCCO)C(C(=O)N(CC=C)c3c(C)cccc3C)C23CC[C@H]1O3. The number of aliphatic hydroxyl groups is 1. The van der Waals surface area contributed by atoms with Crippen LogP contribution in [0.2, 0.25) is 0 Å². The van der Waals surface area contributed by atoms with Crippen molar-refractivity contribution in [3.8, 4) is 0 Å². The Morgan fingerprint density at radius 2 is 1.90 bits per heavy atom. The molecule has 2 unspecified atom stereocenters. The van der Waals surface area contributed by atoms with Crippen molar-refractivity contribution in [2.24, 2.45) is 11.8 Å². The molecule has 2 amide bonds. The summed E-state index contributed by atoms with van der Waals surface area (Å²) in [6.07, 6.45) is 8.70. The van der Waals surface area contributed by atoms with E-state index in [4.69, 9.17) is 9.47 Å². The highest BCUT2D eigenvalue weighted by Gasteiger charge is 2.75. The molecule has 5 atom stereocenters. The highest BCUT2D eigenvalue weighted by molar-refractivity contribution is 6.05. The van der Waals surface area contributed by atoms with Gasteiger partial charge in [0.2, 0.25) is 5.91 Å². The van der Waals surface area contributed by atoms with Gasteiger partial charge in [0.25, 0.3) is 5.91 Å². The molecule has 8 nitrogen and oxygen atoms in total. The van der Waals surface area contributed by atoms with Gasteiger partial charge in [0.15, 0.2) is 0 Å². The number of allylic oxidation sites excluding steroid dienone is 1. The van der Waals surface area contributed by atoms with E-state index in [0.29, 0.717) is 32.2 Å². The van der Waals surface area contributed by atoms with Gasteiger partial charge in [-0.1, -0.05) is 30.4 Å². The van der Waals surface area contributed by atoms with Crippen molar-refractivity contribution in [2.45, 2.75) is 83.0 Å². The number of anilines is 1. The number of hydrogen-bond donors (Lipinski definition) is 1. The summed E-state index contributed by atoms with van der Waals surface area (Å²) in [5, 5.41) is 9.26. The fourth-order valence-corrected chi connectivity index (χ4v) is 6.97. The molecule has 3 heterocycles. The van der Waals surface area contributed by atoms with Gasteiger partial charge in [-0.25, -0.2) is 0 Å². The number of carbonyl (C=O) groups is 3. The first-order valence-corrected chi connectivity index (χ1v) is 14.7. The number of amides is 2. The normalized spacial score (nSPS) is 26.6. The van der Waals surface area contributed by atoms with Gasteiger partial charge in [-0.15, -0.1) is 13.2 Å². The third kappa shape index (κ3) is 5.48. The minimum absolute atomic E-state index is 0.0774. The lowest BCUT2D eigenvalue weighted by molar-refractivity contribution is -0.155. The second kappa shape index (κ2) is 13.1. The number of ether oxygens (including phenoxy) is 2. The average molecular weight is 553 g/mol. The van der Waals surface area contributed by atoms with E-state index in [9.17, 15) is 19.5 Å². The molecular formula is C32H44N2O6. The van der Waals surface area contributed by atoms with Gasteiger partial charge in [-0.3, -0.25) is 14.4 Å². The molecule has 0 radical (unpaired) electrons. The average Bonchev–Trinajstić information content (AvgIpc) is 3.57. The van der Waals surface area contributed by atoms with Gasteiger partial charge < -0.3 is 24.4 Å². The molecule has 1 N–H and O–H groups in total. The van der Waals surface area contributed by atoms with Crippen LogP contribution in [-0.4, -0.2) is 71.8 Å². The second-order valence-electron chi connectivity index (χ2n) is 11.3. The summed E-state index contributed by atoms with van der Waals surface area (Å²) < 4.78 is 12.2. The molecule has 3 saturated heterocycles. The van der Waals surface area contributed by atoms with E-state index in [1.165, 1.54) is 0 Å². The minimum Gasteiger partial charge on any atom is -0.465 e. The zero-order valence-corrected chi connectivity index (χ0v) is 24.0. The first-order chi connectivity index (χ1) is 19.3. The van der Waals surface area contributed by atoms with Crippen LogP contribution in [0.4, 0.5) is 5.69 Å². The molecule has 1 aromatic carbocycles. The lowest BCUT2D eigenvalue weighted by Gasteiger charge is -2.37. The van der Waals surface area contributed by atoms with Crippen molar-refractivity contribution in [3.05, 3.63) is 54.6 Å². The van der Waals surface area contributed by atoms with Crippen LogP contribution in [0.3, 0.4) is 0 Å². The van der Waals surface area contributed by atoms with Crippen LogP contribution in [-0.2, 0) is 23.9 Å². The third-order valence-electron chi connectivity index (χ3n) is 8.70. The van der Waals surface area contributed by atoms with E-state index in [1.54, 1.807) is 15.9 Å². The molecule has 0 saturated carbocycles. The monoisotopic (exact) mass is 552 g/mol. The number of esters is 1. The minimum atomic E-state index is -1.07. The Morgan fingerprint density at radius 3 is 2.58 bits per heavy atom. The summed E-state index contributed by atoms with van der Waals surface area (Å²) in [6.45, 7) is 12.6. The quantitative estimate of drug-likeness (QED) is 0.198. The Labute approximate surface area is 238 Å². The van der Waals surface area contributed by atoms with Gasteiger partial charge in [0.1, 0.15) is 11.6 Å². The number of aliphatic hydroxyl groups excluding tert-OH is 1. The molecule has 3 fully saturated rings. The Kier molecular flexibility index (Phi) is 9.85. The maximum atomic E-state index is 14.6. The smallest absolute Gasteiger partial charge is 0.312 e.